The number of para-hydroxylation sites is 1. The Morgan fingerprint density at radius 1 is 1.35 bits per heavy atom. The first-order valence-electron chi connectivity index (χ1n) is 8.41. The number of thiazole rings is 1. The van der Waals surface area contributed by atoms with E-state index in [0.717, 1.165) is 30.4 Å². The lowest BCUT2D eigenvalue weighted by molar-refractivity contribution is 0.224. The van der Waals surface area contributed by atoms with Crippen LogP contribution in [0.3, 0.4) is 0 Å². The van der Waals surface area contributed by atoms with Crippen molar-refractivity contribution in [3.05, 3.63) is 45.4 Å². The maximum Gasteiger partial charge on any atom is 0.191 e. The van der Waals surface area contributed by atoms with Gasteiger partial charge >= 0.3 is 0 Å². The van der Waals surface area contributed by atoms with E-state index >= 15 is 0 Å². The van der Waals surface area contributed by atoms with Gasteiger partial charge in [-0.25, -0.2) is 4.98 Å². The smallest absolute Gasteiger partial charge is 0.191 e. The molecule has 2 rings (SSSR count). The van der Waals surface area contributed by atoms with Crippen molar-refractivity contribution in [2.45, 2.75) is 32.8 Å². The molecule has 0 amide bonds. The molecular formula is C18H26ClIN4OS. The molecule has 0 fully saturated rings. The Kier molecular flexibility index (Phi) is 10.9. The van der Waals surface area contributed by atoms with Gasteiger partial charge < -0.3 is 15.4 Å². The van der Waals surface area contributed by atoms with Crippen molar-refractivity contribution in [1.29, 1.82) is 0 Å². The van der Waals surface area contributed by atoms with Crippen LogP contribution in [0.5, 0.6) is 5.75 Å². The Hall–Kier alpha value is -1.06. The molecule has 1 unspecified atom stereocenters. The molecular weight excluding hydrogens is 483 g/mol. The van der Waals surface area contributed by atoms with Gasteiger partial charge in [-0.1, -0.05) is 30.7 Å². The van der Waals surface area contributed by atoms with E-state index in [4.69, 9.17) is 16.3 Å². The molecule has 0 aliphatic heterocycles. The highest BCUT2D eigenvalue weighted by molar-refractivity contribution is 14.0. The zero-order valence-corrected chi connectivity index (χ0v) is 19.2. The van der Waals surface area contributed by atoms with Gasteiger partial charge in [0.2, 0.25) is 0 Å². The lowest BCUT2D eigenvalue weighted by Gasteiger charge is -2.18. The zero-order chi connectivity index (χ0) is 18.1. The Morgan fingerprint density at radius 2 is 2.12 bits per heavy atom. The molecule has 0 saturated heterocycles. The molecule has 0 aliphatic carbocycles. The van der Waals surface area contributed by atoms with Crippen LogP contribution in [0.1, 0.15) is 23.7 Å². The third-order valence-corrected chi connectivity index (χ3v) is 5.04. The SMILES string of the molecule is CCc1cnc(CCNC(=NC)NCC(C)Oc2ccccc2Cl)s1.I. The first-order chi connectivity index (χ1) is 12.1. The molecule has 1 atom stereocenters. The van der Waals surface area contributed by atoms with E-state index in [1.54, 1.807) is 18.4 Å². The molecule has 1 aromatic carbocycles. The fourth-order valence-electron chi connectivity index (χ4n) is 2.17. The average Bonchev–Trinajstić information content (AvgIpc) is 3.08. The summed E-state index contributed by atoms with van der Waals surface area (Å²) in [5, 5.41) is 8.33. The summed E-state index contributed by atoms with van der Waals surface area (Å²) < 4.78 is 5.84. The van der Waals surface area contributed by atoms with E-state index in [2.05, 4.69) is 27.5 Å². The number of halogens is 2. The average molecular weight is 509 g/mol. The number of nitrogens with one attached hydrogen (secondary N) is 2. The Balaban J connectivity index is 0.00000338. The van der Waals surface area contributed by atoms with Crippen LogP contribution in [0.2, 0.25) is 5.02 Å². The third kappa shape index (κ3) is 7.67. The molecule has 1 heterocycles. The summed E-state index contributed by atoms with van der Waals surface area (Å²) in [6, 6.07) is 7.48. The minimum absolute atomic E-state index is 0. The van der Waals surface area contributed by atoms with E-state index in [1.807, 2.05) is 37.4 Å². The van der Waals surface area contributed by atoms with Gasteiger partial charge in [-0.15, -0.1) is 35.3 Å². The number of nitrogens with zero attached hydrogens (tertiary/aromatic N) is 2. The van der Waals surface area contributed by atoms with Gasteiger partial charge in [0.25, 0.3) is 0 Å². The van der Waals surface area contributed by atoms with Crippen molar-refractivity contribution in [1.82, 2.24) is 15.6 Å². The first kappa shape index (κ1) is 23.0. The van der Waals surface area contributed by atoms with E-state index in [9.17, 15) is 0 Å². The molecule has 144 valence electrons. The van der Waals surface area contributed by atoms with Gasteiger partial charge in [0.15, 0.2) is 5.96 Å². The van der Waals surface area contributed by atoms with Gasteiger partial charge in [-0.3, -0.25) is 4.99 Å². The number of aromatic nitrogens is 1. The van der Waals surface area contributed by atoms with Crippen molar-refractivity contribution < 1.29 is 4.74 Å². The van der Waals surface area contributed by atoms with Crippen LogP contribution in [0.4, 0.5) is 0 Å². The molecule has 5 nitrogen and oxygen atoms in total. The molecule has 0 saturated carbocycles. The van der Waals surface area contributed by atoms with Crippen LogP contribution in [-0.2, 0) is 12.8 Å². The number of benzene rings is 1. The first-order valence-corrected chi connectivity index (χ1v) is 9.61. The minimum Gasteiger partial charge on any atom is -0.487 e. The Labute approximate surface area is 181 Å². The number of ether oxygens (including phenoxy) is 1. The van der Waals surface area contributed by atoms with E-state index < -0.39 is 0 Å². The van der Waals surface area contributed by atoms with Crippen molar-refractivity contribution in [3.8, 4) is 5.75 Å². The predicted molar refractivity (Wildman–Crippen MR) is 122 cm³/mol. The summed E-state index contributed by atoms with van der Waals surface area (Å²) in [7, 11) is 1.76. The monoisotopic (exact) mass is 508 g/mol. The summed E-state index contributed by atoms with van der Waals surface area (Å²) in [5.74, 6) is 1.44. The van der Waals surface area contributed by atoms with Crippen LogP contribution in [-0.4, -0.2) is 37.2 Å². The zero-order valence-electron chi connectivity index (χ0n) is 15.3. The van der Waals surface area contributed by atoms with Gasteiger partial charge in [0.05, 0.1) is 16.6 Å². The summed E-state index contributed by atoms with van der Waals surface area (Å²) in [6.45, 7) is 5.55. The second kappa shape index (κ2) is 12.3. The maximum atomic E-state index is 6.11. The molecule has 2 N–H and O–H groups in total. The topological polar surface area (TPSA) is 58.5 Å². The highest BCUT2D eigenvalue weighted by atomic mass is 127. The molecule has 2 aromatic rings. The summed E-state index contributed by atoms with van der Waals surface area (Å²) in [5.41, 5.74) is 0. The quantitative estimate of drug-likeness (QED) is 0.319. The van der Waals surface area contributed by atoms with E-state index in [1.165, 1.54) is 4.88 Å². The molecule has 0 aliphatic rings. The minimum atomic E-state index is -0.0375. The van der Waals surface area contributed by atoms with Gasteiger partial charge in [-0.05, 0) is 25.5 Å². The molecule has 8 heteroatoms. The van der Waals surface area contributed by atoms with Crippen LogP contribution in [0.25, 0.3) is 0 Å². The standard InChI is InChI=1S/C18H25ClN4OS.HI/c1-4-14-12-22-17(25-14)9-10-21-18(20-3)23-11-13(2)24-16-8-6-5-7-15(16)19;/h5-8,12-13H,4,9-11H2,1-3H3,(H2,20,21,23);1H. The summed E-state index contributed by atoms with van der Waals surface area (Å²) in [4.78, 5) is 9.98. The number of aliphatic imine (C=N–C) groups is 1. The Morgan fingerprint density at radius 3 is 2.77 bits per heavy atom. The van der Waals surface area contributed by atoms with Crippen LogP contribution in [0, 0.1) is 0 Å². The predicted octanol–water partition coefficient (Wildman–Crippen LogP) is 4.15. The second-order valence-corrected chi connectivity index (χ2v) is 7.17. The second-order valence-electron chi connectivity index (χ2n) is 5.56. The summed E-state index contributed by atoms with van der Waals surface area (Å²) in [6.07, 6.45) is 3.85. The molecule has 0 bridgehead atoms. The highest BCUT2D eigenvalue weighted by Gasteiger charge is 2.08. The van der Waals surface area contributed by atoms with E-state index in [-0.39, 0.29) is 30.1 Å². The number of aryl methyl sites for hydroxylation is 1. The van der Waals surface area contributed by atoms with Gasteiger partial charge in [0, 0.05) is 31.1 Å². The van der Waals surface area contributed by atoms with Crippen LogP contribution >= 0.6 is 46.9 Å². The fraction of sp³-hybridized carbons (Fsp3) is 0.444. The number of guanidine groups is 1. The van der Waals surface area contributed by atoms with E-state index in [0.29, 0.717) is 17.3 Å². The number of hydrogen-bond acceptors (Lipinski definition) is 4. The number of hydrogen-bond donors (Lipinski definition) is 2. The van der Waals surface area contributed by atoms with Crippen molar-refractivity contribution in [3.63, 3.8) is 0 Å². The van der Waals surface area contributed by atoms with Crippen molar-refractivity contribution in [2.24, 2.45) is 4.99 Å². The van der Waals surface area contributed by atoms with Crippen LogP contribution in [0.15, 0.2) is 35.5 Å². The Bertz CT molecular complexity index is 695. The molecule has 0 radical (unpaired) electrons. The van der Waals surface area contributed by atoms with Gasteiger partial charge in [-0.2, -0.15) is 0 Å². The number of rotatable bonds is 8. The lowest BCUT2D eigenvalue weighted by Crippen LogP contribution is -2.42. The van der Waals surface area contributed by atoms with Gasteiger partial charge in [0.1, 0.15) is 11.9 Å². The summed E-state index contributed by atoms with van der Waals surface area (Å²) >= 11 is 7.88. The van der Waals surface area contributed by atoms with Crippen molar-refractivity contribution in [2.75, 3.05) is 20.1 Å². The van der Waals surface area contributed by atoms with Crippen LogP contribution < -0.4 is 15.4 Å². The third-order valence-electron chi connectivity index (χ3n) is 3.53. The normalized spacial score (nSPS) is 12.2. The molecule has 26 heavy (non-hydrogen) atoms. The van der Waals surface area contributed by atoms with Crippen molar-refractivity contribution >= 4 is 52.9 Å². The highest BCUT2D eigenvalue weighted by Crippen LogP contribution is 2.23. The fourth-order valence-corrected chi connectivity index (χ4v) is 3.22. The lowest BCUT2D eigenvalue weighted by atomic mass is 10.3. The largest absolute Gasteiger partial charge is 0.487 e. The molecule has 1 aromatic heterocycles. The maximum absolute atomic E-state index is 6.11. The molecule has 0 spiro atoms.